The third kappa shape index (κ3) is 4.57. The van der Waals surface area contributed by atoms with Crippen LogP contribution in [0.3, 0.4) is 0 Å². The van der Waals surface area contributed by atoms with Gasteiger partial charge in [0.1, 0.15) is 12.4 Å². The minimum atomic E-state index is -0.467. The third-order valence-corrected chi connectivity index (χ3v) is 3.84. The Labute approximate surface area is 124 Å². The number of halogens is 1. The van der Waals surface area contributed by atoms with Gasteiger partial charge in [0.2, 0.25) is 0 Å². The van der Waals surface area contributed by atoms with Crippen molar-refractivity contribution >= 4 is 5.91 Å². The molecular weight excluding hydrogens is 269 g/mol. The van der Waals surface area contributed by atoms with Crippen LogP contribution in [0.15, 0.2) is 18.2 Å². The minimum Gasteiger partial charge on any atom is -0.384 e. The molecule has 2 N–H and O–H groups in total. The van der Waals surface area contributed by atoms with Crippen LogP contribution in [0.2, 0.25) is 0 Å². The highest BCUT2D eigenvalue weighted by Crippen LogP contribution is 2.26. The molecule has 1 aromatic carbocycles. The molecule has 1 fully saturated rings. The lowest BCUT2D eigenvalue weighted by molar-refractivity contribution is 0.0950. The lowest BCUT2D eigenvalue weighted by Gasteiger charge is -2.10. The molecule has 0 spiro atoms. The molecule has 1 aliphatic carbocycles. The van der Waals surface area contributed by atoms with E-state index in [4.69, 9.17) is 5.11 Å². The van der Waals surface area contributed by atoms with Crippen LogP contribution in [0, 0.1) is 23.6 Å². The lowest BCUT2D eigenvalue weighted by atomic mass is 10.0. The summed E-state index contributed by atoms with van der Waals surface area (Å²) in [6.45, 7) is 0.312. The Morgan fingerprint density at radius 2 is 2.14 bits per heavy atom. The van der Waals surface area contributed by atoms with Crippen LogP contribution in [-0.2, 0) is 0 Å². The number of rotatable bonds is 4. The van der Waals surface area contributed by atoms with Gasteiger partial charge in [-0.25, -0.2) is 4.39 Å². The standard InChI is InChI=1S/C17H20FNO2/c18-15-8-7-14(6-3-11-20)16(12-15)17(21)19-10-9-13-4-1-2-5-13/h7-8,12-13,20H,1-2,4-5,9-11H2,(H,19,21). The summed E-state index contributed by atoms with van der Waals surface area (Å²) < 4.78 is 13.3. The van der Waals surface area contributed by atoms with Gasteiger partial charge in [-0.05, 0) is 30.5 Å². The van der Waals surface area contributed by atoms with E-state index < -0.39 is 5.82 Å². The van der Waals surface area contributed by atoms with Gasteiger partial charge in [-0.2, -0.15) is 0 Å². The summed E-state index contributed by atoms with van der Waals surface area (Å²) in [5.41, 5.74) is 0.659. The van der Waals surface area contributed by atoms with E-state index in [-0.39, 0.29) is 18.1 Å². The largest absolute Gasteiger partial charge is 0.384 e. The fraction of sp³-hybridized carbons (Fsp3) is 0.471. The Morgan fingerprint density at radius 1 is 1.38 bits per heavy atom. The molecule has 0 unspecified atom stereocenters. The second kappa shape index (κ2) is 7.80. The van der Waals surface area contributed by atoms with E-state index in [0.717, 1.165) is 6.42 Å². The molecular formula is C17H20FNO2. The van der Waals surface area contributed by atoms with Crippen LogP contribution >= 0.6 is 0 Å². The maximum absolute atomic E-state index is 13.3. The van der Waals surface area contributed by atoms with Crippen LogP contribution in [0.1, 0.15) is 48.0 Å². The number of amides is 1. The molecule has 1 saturated carbocycles. The van der Waals surface area contributed by atoms with Crippen molar-refractivity contribution in [2.45, 2.75) is 32.1 Å². The molecule has 0 heterocycles. The fourth-order valence-electron chi connectivity index (χ4n) is 2.73. The van der Waals surface area contributed by atoms with Gasteiger partial charge in [0.05, 0.1) is 5.56 Å². The van der Waals surface area contributed by atoms with Crippen molar-refractivity contribution in [2.75, 3.05) is 13.2 Å². The Kier molecular flexibility index (Phi) is 5.77. The van der Waals surface area contributed by atoms with Crippen LogP contribution in [0.25, 0.3) is 0 Å². The van der Waals surface area contributed by atoms with E-state index in [2.05, 4.69) is 17.2 Å². The molecule has 0 aliphatic heterocycles. The highest BCUT2D eigenvalue weighted by atomic mass is 19.1. The second-order valence-corrected chi connectivity index (χ2v) is 5.34. The van der Waals surface area contributed by atoms with E-state index in [1.165, 1.54) is 43.9 Å². The molecule has 3 nitrogen and oxygen atoms in total. The quantitative estimate of drug-likeness (QED) is 0.837. The summed E-state index contributed by atoms with van der Waals surface area (Å²) in [7, 11) is 0. The molecule has 0 saturated heterocycles. The molecule has 0 aromatic heterocycles. The van der Waals surface area contributed by atoms with Crippen molar-refractivity contribution < 1.29 is 14.3 Å². The van der Waals surface area contributed by atoms with Gasteiger partial charge < -0.3 is 10.4 Å². The summed E-state index contributed by atoms with van der Waals surface area (Å²) in [6, 6.07) is 3.91. The first-order valence-electron chi connectivity index (χ1n) is 7.38. The molecule has 2 rings (SSSR count). The Bertz CT molecular complexity index is 554. The predicted molar refractivity (Wildman–Crippen MR) is 79.3 cm³/mol. The number of aliphatic hydroxyl groups excluding tert-OH is 1. The summed E-state index contributed by atoms with van der Waals surface area (Å²) in [5.74, 6) is 5.08. The zero-order valence-electron chi connectivity index (χ0n) is 12.0. The molecule has 0 atom stereocenters. The summed E-state index contributed by atoms with van der Waals surface area (Å²) in [5, 5.41) is 11.6. The van der Waals surface area contributed by atoms with Gasteiger partial charge in [0.15, 0.2) is 0 Å². The monoisotopic (exact) mass is 289 g/mol. The minimum absolute atomic E-state index is 0.224. The first kappa shape index (κ1) is 15.5. The summed E-state index contributed by atoms with van der Waals surface area (Å²) in [6.07, 6.45) is 6.01. The van der Waals surface area contributed by atoms with Crippen molar-refractivity contribution in [3.8, 4) is 11.8 Å². The van der Waals surface area contributed by atoms with E-state index in [1.54, 1.807) is 0 Å². The van der Waals surface area contributed by atoms with Crippen LogP contribution < -0.4 is 5.32 Å². The van der Waals surface area contributed by atoms with E-state index in [0.29, 0.717) is 18.0 Å². The van der Waals surface area contributed by atoms with Gasteiger partial charge in [-0.15, -0.1) is 0 Å². The van der Waals surface area contributed by atoms with Crippen molar-refractivity contribution in [1.82, 2.24) is 5.32 Å². The van der Waals surface area contributed by atoms with Crippen LogP contribution in [0.5, 0.6) is 0 Å². The van der Waals surface area contributed by atoms with Gasteiger partial charge in [-0.3, -0.25) is 4.79 Å². The average molecular weight is 289 g/mol. The zero-order chi connectivity index (χ0) is 15.1. The lowest BCUT2D eigenvalue weighted by Crippen LogP contribution is -2.26. The number of nitrogens with one attached hydrogen (secondary N) is 1. The predicted octanol–water partition coefficient (Wildman–Crippen LogP) is 2.48. The van der Waals surface area contributed by atoms with Gasteiger partial charge in [-0.1, -0.05) is 37.5 Å². The number of aliphatic hydroxyl groups is 1. The molecule has 21 heavy (non-hydrogen) atoms. The maximum Gasteiger partial charge on any atom is 0.252 e. The highest BCUT2D eigenvalue weighted by Gasteiger charge is 2.16. The van der Waals surface area contributed by atoms with Crippen molar-refractivity contribution in [2.24, 2.45) is 5.92 Å². The van der Waals surface area contributed by atoms with E-state index in [9.17, 15) is 9.18 Å². The van der Waals surface area contributed by atoms with Crippen LogP contribution in [-0.4, -0.2) is 24.2 Å². The van der Waals surface area contributed by atoms with Crippen molar-refractivity contribution in [3.05, 3.63) is 35.1 Å². The molecule has 4 heteroatoms. The van der Waals surface area contributed by atoms with E-state index >= 15 is 0 Å². The number of hydrogen-bond acceptors (Lipinski definition) is 2. The molecule has 1 amide bonds. The Balaban J connectivity index is 1.98. The normalized spacial score (nSPS) is 14.6. The smallest absolute Gasteiger partial charge is 0.252 e. The SMILES string of the molecule is O=C(NCCC1CCCC1)c1cc(F)ccc1C#CCO. The summed E-state index contributed by atoms with van der Waals surface area (Å²) in [4.78, 5) is 12.1. The molecule has 1 aromatic rings. The van der Waals surface area contributed by atoms with E-state index in [1.807, 2.05) is 0 Å². The Hall–Kier alpha value is -1.86. The zero-order valence-corrected chi connectivity index (χ0v) is 12.0. The fourth-order valence-corrected chi connectivity index (χ4v) is 2.73. The van der Waals surface area contributed by atoms with Gasteiger partial charge in [0.25, 0.3) is 5.91 Å². The van der Waals surface area contributed by atoms with Crippen molar-refractivity contribution in [3.63, 3.8) is 0 Å². The first-order valence-corrected chi connectivity index (χ1v) is 7.38. The first-order chi connectivity index (χ1) is 10.2. The van der Waals surface area contributed by atoms with Gasteiger partial charge >= 0.3 is 0 Å². The number of benzene rings is 1. The molecule has 1 aliphatic rings. The van der Waals surface area contributed by atoms with Crippen molar-refractivity contribution in [1.29, 1.82) is 0 Å². The highest BCUT2D eigenvalue weighted by molar-refractivity contribution is 5.96. The topological polar surface area (TPSA) is 49.3 Å². The number of carbonyl (C=O) groups excluding carboxylic acids is 1. The van der Waals surface area contributed by atoms with Gasteiger partial charge in [0, 0.05) is 12.1 Å². The number of carbonyl (C=O) groups is 1. The molecule has 0 bridgehead atoms. The molecule has 0 radical (unpaired) electrons. The average Bonchev–Trinajstić information content (AvgIpc) is 2.99. The Morgan fingerprint density at radius 3 is 2.86 bits per heavy atom. The van der Waals surface area contributed by atoms with Crippen LogP contribution in [0.4, 0.5) is 4.39 Å². The molecule has 112 valence electrons. The maximum atomic E-state index is 13.3. The third-order valence-electron chi connectivity index (χ3n) is 3.84. The number of hydrogen-bond donors (Lipinski definition) is 2. The second-order valence-electron chi connectivity index (χ2n) is 5.34. The summed E-state index contributed by atoms with van der Waals surface area (Å²) >= 11 is 0.